The summed E-state index contributed by atoms with van der Waals surface area (Å²) in [6, 6.07) is 11.7. The molecule has 0 atom stereocenters. The summed E-state index contributed by atoms with van der Waals surface area (Å²) in [5.41, 5.74) is 0.563. The van der Waals surface area contributed by atoms with Crippen molar-refractivity contribution in [3.05, 3.63) is 52.5 Å². The third kappa shape index (κ3) is 5.54. The Kier molecular flexibility index (Phi) is 6.38. The molecular weight excluding hydrogens is 339 g/mol. The smallest absolute Gasteiger partial charge is 0.319 e. The van der Waals surface area contributed by atoms with Gasteiger partial charge in [0.2, 0.25) is 0 Å². The van der Waals surface area contributed by atoms with E-state index in [0.29, 0.717) is 34.6 Å². The number of anilines is 1. The Bertz CT molecular complexity index is 663. The van der Waals surface area contributed by atoms with E-state index < -0.39 is 0 Å². The zero-order valence-corrected chi connectivity index (χ0v) is 13.9. The molecule has 0 aromatic heterocycles. The van der Waals surface area contributed by atoms with Crippen LogP contribution in [0.25, 0.3) is 0 Å². The third-order valence-corrected chi connectivity index (χ3v) is 3.63. The molecule has 2 amide bonds. The standard InChI is InChI=1S/C16H16Cl2N2O3/c1-22-12-3-5-13(6-4-12)23-9-8-19-16(21)20-11-2-7-14(17)15(18)10-11/h2-7,10H,8-9H2,1H3,(H2,19,20,21). The number of carbonyl (C=O) groups is 1. The molecule has 2 N–H and O–H groups in total. The number of benzene rings is 2. The maximum atomic E-state index is 11.7. The number of urea groups is 1. The quantitative estimate of drug-likeness (QED) is 0.764. The molecule has 7 heteroatoms. The topological polar surface area (TPSA) is 59.6 Å². The van der Waals surface area contributed by atoms with Crippen molar-refractivity contribution in [3.8, 4) is 11.5 Å². The summed E-state index contributed by atoms with van der Waals surface area (Å²) in [5, 5.41) is 6.16. The fourth-order valence-electron chi connectivity index (χ4n) is 1.75. The fraction of sp³-hybridized carbons (Fsp3) is 0.188. The van der Waals surface area contributed by atoms with Gasteiger partial charge < -0.3 is 20.1 Å². The summed E-state index contributed by atoms with van der Waals surface area (Å²) in [6.45, 7) is 0.709. The van der Waals surface area contributed by atoms with Crippen molar-refractivity contribution in [2.24, 2.45) is 0 Å². The van der Waals surface area contributed by atoms with Gasteiger partial charge in [-0.05, 0) is 42.5 Å². The second kappa shape index (κ2) is 8.50. The minimum absolute atomic E-state index is 0.346. The van der Waals surface area contributed by atoms with Gasteiger partial charge in [-0.25, -0.2) is 4.79 Å². The predicted octanol–water partition coefficient (Wildman–Crippen LogP) is 4.20. The Morgan fingerprint density at radius 2 is 1.74 bits per heavy atom. The average Bonchev–Trinajstić information content (AvgIpc) is 2.55. The van der Waals surface area contributed by atoms with Crippen molar-refractivity contribution >= 4 is 34.9 Å². The highest BCUT2D eigenvalue weighted by Gasteiger charge is 2.04. The Balaban J connectivity index is 1.70. The van der Waals surface area contributed by atoms with Gasteiger partial charge in [0.05, 0.1) is 23.7 Å². The van der Waals surface area contributed by atoms with E-state index in [2.05, 4.69) is 10.6 Å². The van der Waals surface area contributed by atoms with Crippen LogP contribution in [0.4, 0.5) is 10.5 Å². The Morgan fingerprint density at radius 1 is 1.04 bits per heavy atom. The first-order valence-electron chi connectivity index (χ1n) is 6.85. The number of rotatable bonds is 6. The van der Waals surface area contributed by atoms with E-state index in [0.717, 1.165) is 5.75 Å². The van der Waals surface area contributed by atoms with E-state index in [1.54, 1.807) is 49.6 Å². The van der Waals surface area contributed by atoms with Gasteiger partial charge >= 0.3 is 6.03 Å². The van der Waals surface area contributed by atoms with Crippen molar-refractivity contribution in [1.82, 2.24) is 5.32 Å². The van der Waals surface area contributed by atoms with Crippen LogP contribution in [0.15, 0.2) is 42.5 Å². The largest absolute Gasteiger partial charge is 0.497 e. The highest BCUT2D eigenvalue weighted by Crippen LogP contribution is 2.24. The molecule has 0 fully saturated rings. The van der Waals surface area contributed by atoms with Crippen LogP contribution in [0.1, 0.15) is 0 Å². The molecule has 0 saturated carbocycles. The summed E-state index contributed by atoms with van der Waals surface area (Å²) in [6.07, 6.45) is 0. The van der Waals surface area contributed by atoms with E-state index in [1.807, 2.05) is 0 Å². The number of ether oxygens (including phenoxy) is 2. The van der Waals surface area contributed by atoms with E-state index in [4.69, 9.17) is 32.7 Å². The lowest BCUT2D eigenvalue weighted by atomic mass is 10.3. The van der Waals surface area contributed by atoms with Crippen molar-refractivity contribution in [3.63, 3.8) is 0 Å². The van der Waals surface area contributed by atoms with E-state index in [9.17, 15) is 4.79 Å². The van der Waals surface area contributed by atoms with E-state index >= 15 is 0 Å². The first kappa shape index (κ1) is 17.2. The van der Waals surface area contributed by atoms with Crippen LogP contribution < -0.4 is 20.1 Å². The molecule has 0 heterocycles. The lowest BCUT2D eigenvalue weighted by Crippen LogP contribution is -2.32. The number of amides is 2. The fourth-order valence-corrected chi connectivity index (χ4v) is 2.05. The van der Waals surface area contributed by atoms with Gasteiger partial charge in [-0.15, -0.1) is 0 Å². The van der Waals surface area contributed by atoms with Gasteiger partial charge in [0.25, 0.3) is 0 Å². The van der Waals surface area contributed by atoms with Gasteiger partial charge in [0.1, 0.15) is 18.1 Å². The first-order valence-corrected chi connectivity index (χ1v) is 7.61. The molecule has 2 rings (SSSR count). The minimum Gasteiger partial charge on any atom is -0.497 e. The van der Waals surface area contributed by atoms with Crippen molar-refractivity contribution in [1.29, 1.82) is 0 Å². The molecule has 2 aromatic carbocycles. The predicted molar refractivity (Wildman–Crippen MR) is 92.0 cm³/mol. The zero-order chi connectivity index (χ0) is 16.7. The summed E-state index contributed by atoms with van der Waals surface area (Å²) in [5.74, 6) is 1.47. The lowest BCUT2D eigenvalue weighted by molar-refractivity contribution is 0.247. The molecule has 0 aliphatic heterocycles. The maximum absolute atomic E-state index is 11.7. The highest BCUT2D eigenvalue weighted by atomic mass is 35.5. The summed E-state index contributed by atoms with van der Waals surface area (Å²) >= 11 is 11.7. The molecule has 5 nitrogen and oxygen atoms in total. The Labute approximate surface area is 144 Å². The SMILES string of the molecule is COc1ccc(OCCNC(=O)Nc2ccc(Cl)c(Cl)c2)cc1. The summed E-state index contributed by atoms with van der Waals surface area (Å²) in [7, 11) is 1.60. The number of hydrogen-bond acceptors (Lipinski definition) is 3. The molecule has 0 saturated heterocycles. The van der Waals surface area contributed by atoms with E-state index in [-0.39, 0.29) is 6.03 Å². The molecule has 2 aromatic rings. The second-order valence-electron chi connectivity index (χ2n) is 4.53. The third-order valence-electron chi connectivity index (χ3n) is 2.89. The molecule has 0 aliphatic carbocycles. The molecule has 0 spiro atoms. The number of methoxy groups -OCH3 is 1. The van der Waals surface area contributed by atoms with Gasteiger partial charge in [0.15, 0.2) is 0 Å². The number of carbonyl (C=O) groups excluding carboxylic acids is 1. The molecule has 122 valence electrons. The number of hydrogen-bond donors (Lipinski definition) is 2. The zero-order valence-electron chi connectivity index (χ0n) is 12.4. The van der Waals surface area contributed by atoms with Crippen LogP contribution in [0.2, 0.25) is 10.0 Å². The summed E-state index contributed by atoms with van der Waals surface area (Å²) < 4.78 is 10.6. The first-order chi connectivity index (χ1) is 11.1. The van der Waals surface area contributed by atoms with Crippen molar-refractivity contribution in [2.45, 2.75) is 0 Å². The van der Waals surface area contributed by atoms with Gasteiger partial charge in [-0.2, -0.15) is 0 Å². The van der Waals surface area contributed by atoms with Gasteiger partial charge in [0, 0.05) is 5.69 Å². The number of nitrogens with one attached hydrogen (secondary N) is 2. The monoisotopic (exact) mass is 354 g/mol. The molecule has 0 aliphatic rings. The highest BCUT2D eigenvalue weighted by molar-refractivity contribution is 6.42. The maximum Gasteiger partial charge on any atom is 0.319 e. The molecule has 0 radical (unpaired) electrons. The van der Waals surface area contributed by atoms with Crippen LogP contribution in [0.5, 0.6) is 11.5 Å². The van der Waals surface area contributed by atoms with Crippen LogP contribution in [-0.2, 0) is 0 Å². The Morgan fingerprint density at radius 3 is 2.39 bits per heavy atom. The minimum atomic E-state index is -0.346. The molecule has 0 bridgehead atoms. The Hall–Kier alpha value is -2.11. The molecular formula is C16H16Cl2N2O3. The van der Waals surface area contributed by atoms with E-state index in [1.165, 1.54) is 0 Å². The van der Waals surface area contributed by atoms with Crippen LogP contribution in [-0.4, -0.2) is 26.3 Å². The lowest BCUT2D eigenvalue weighted by Gasteiger charge is -2.10. The van der Waals surface area contributed by atoms with Gasteiger partial charge in [-0.3, -0.25) is 0 Å². The normalized spacial score (nSPS) is 10.0. The second-order valence-corrected chi connectivity index (χ2v) is 5.35. The molecule has 23 heavy (non-hydrogen) atoms. The van der Waals surface area contributed by atoms with Gasteiger partial charge in [-0.1, -0.05) is 23.2 Å². The van der Waals surface area contributed by atoms with Crippen LogP contribution >= 0.6 is 23.2 Å². The van der Waals surface area contributed by atoms with Crippen LogP contribution in [0, 0.1) is 0 Å². The summed E-state index contributed by atoms with van der Waals surface area (Å²) in [4.78, 5) is 11.7. The number of halogens is 2. The van der Waals surface area contributed by atoms with Crippen molar-refractivity contribution in [2.75, 3.05) is 25.6 Å². The molecule has 0 unspecified atom stereocenters. The van der Waals surface area contributed by atoms with Crippen molar-refractivity contribution < 1.29 is 14.3 Å². The average molecular weight is 355 g/mol. The van der Waals surface area contributed by atoms with Crippen LogP contribution in [0.3, 0.4) is 0 Å².